The van der Waals surface area contributed by atoms with Gasteiger partial charge in [-0.3, -0.25) is 4.79 Å². The Morgan fingerprint density at radius 3 is 2.57 bits per heavy atom. The van der Waals surface area contributed by atoms with Gasteiger partial charge in [-0.1, -0.05) is 30.3 Å². The third-order valence-corrected chi connectivity index (χ3v) is 5.36. The third-order valence-electron chi connectivity index (χ3n) is 3.16. The molecule has 1 saturated heterocycles. The van der Waals surface area contributed by atoms with E-state index in [0.29, 0.717) is 9.69 Å². The molecule has 8 heteroatoms. The predicted molar refractivity (Wildman–Crippen MR) is 78.5 cm³/mol. The van der Waals surface area contributed by atoms with Crippen LogP contribution in [0, 0.1) is 5.82 Å². The first-order valence-corrected chi connectivity index (χ1v) is 7.80. The van der Waals surface area contributed by atoms with E-state index in [1.165, 1.54) is 18.2 Å². The summed E-state index contributed by atoms with van der Waals surface area (Å²) in [4.78, 5) is 10.7. The van der Waals surface area contributed by atoms with Crippen LogP contribution in [-0.4, -0.2) is 30.3 Å². The van der Waals surface area contributed by atoms with Crippen LogP contribution in [0.4, 0.5) is 4.39 Å². The quantitative estimate of drug-likeness (QED) is 0.848. The number of halogens is 1. The first-order valence-electron chi connectivity index (χ1n) is 5.95. The molecule has 0 spiro atoms. The van der Waals surface area contributed by atoms with Crippen molar-refractivity contribution in [1.82, 2.24) is 9.62 Å². The lowest BCUT2D eigenvalue weighted by molar-refractivity contribution is -0.118. The van der Waals surface area contributed by atoms with Crippen molar-refractivity contribution in [1.29, 1.82) is 0 Å². The zero-order chi connectivity index (χ0) is 15.2. The number of benzene rings is 2. The molecule has 0 saturated carbocycles. The van der Waals surface area contributed by atoms with Gasteiger partial charge in [-0.25, -0.2) is 17.1 Å². The first-order chi connectivity index (χ1) is 9.91. The highest BCUT2D eigenvalue weighted by atomic mass is 32.2. The minimum atomic E-state index is -4.21. The summed E-state index contributed by atoms with van der Waals surface area (Å²) in [6.07, 6.45) is 0. The van der Waals surface area contributed by atoms with Crippen molar-refractivity contribution < 1.29 is 17.6 Å². The first kappa shape index (κ1) is 13.9. The number of amides is 1. The molecule has 1 aliphatic rings. The molecule has 1 N–H and O–H groups in total. The maximum Gasteiger partial charge on any atom is 0.269 e. The molecule has 0 aliphatic carbocycles. The number of fused-ring (bicyclic) bond motifs is 1. The molecule has 0 unspecified atom stereocenters. The van der Waals surface area contributed by atoms with Crippen molar-refractivity contribution in [2.75, 3.05) is 6.54 Å². The molecule has 0 bridgehead atoms. The van der Waals surface area contributed by atoms with Gasteiger partial charge >= 0.3 is 0 Å². The van der Waals surface area contributed by atoms with Crippen molar-refractivity contribution in [3.05, 3.63) is 42.2 Å². The van der Waals surface area contributed by atoms with Crippen molar-refractivity contribution in [3.63, 3.8) is 0 Å². The second-order valence-corrected chi connectivity index (χ2v) is 6.68. The van der Waals surface area contributed by atoms with Crippen molar-refractivity contribution in [2.45, 2.75) is 4.90 Å². The van der Waals surface area contributed by atoms with E-state index >= 15 is 0 Å². The number of nitrogens with zero attached hydrogens (tertiary/aromatic N) is 1. The van der Waals surface area contributed by atoms with E-state index in [9.17, 15) is 17.6 Å². The molecule has 2 aromatic rings. The molecular formula is C13H9FN2O3S2. The Hall–Kier alpha value is -2.06. The van der Waals surface area contributed by atoms with Crippen molar-refractivity contribution >= 4 is 44.0 Å². The number of sulfonamides is 1. The maximum absolute atomic E-state index is 14.5. The monoisotopic (exact) mass is 324 g/mol. The fourth-order valence-electron chi connectivity index (χ4n) is 2.15. The minimum absolute atomic E-state index is 0.197. The van der Waals surface area contributed by atoms with Crippen LogP contribution < -0.4 is 5.32 Å². The van der Waals surface area contributed by atoms with Crippen LogP contribution in [0.15, 0.2) is 41.3 Å². The predicted octanol–water partition coefficient (Wildman–Crippen LogP) is 1.38. The van der Waals surface area contributed by atoms with Gasteiger partial charge in [-0.2, -0.15) is 0 Å². The number of carbonyl (C=O) groups excluding carboxylic acids is 1. The number of carbonyl (C=O) groups is 1. The molecule has 21 heavy (non-hydrogen) atoms. The molecule has 0 atom stereocenters. The van der Waals surface area contributed by atoms with E-state index in [1.54, 1.807) is 18.2 Å². The lowest BCUT2D eigenvalue weighted by Gasteiger charge is -2.17. The summed E-state index contributed by atoms with van der Waals surface area (Å²) < 4.78 is 40.1. The van der Waals surface area contributed by atoms with Gasteiger partial charge in [-0.05, 0) is 23.7 Å². The Balaban J connectivity index is 2.18. The Morgan fingerprint density at radius 1 is 1.19 bits per heavy atom. The topological polar surface area (TPSA) is 66.5 Å². The van der Waals surface area contributed by atoms with Crippen LogP contribution in [0.3, 0.4) is 0 Å². The maximum atomic E-state index is 14.5. The molecule has 2 aromatic carbocycles. The standard InChI is InChI=1S/C13H9FN2O3S2/c14-12-9-4-2-1-3-8(9)5-6-10(12)21(18,19)16-7-11(17)15-13(16)20/h1-6H,7H2,(H,15,17,20). The number of hydrogen-bond donors (Lipinski definition) is 1. The Bertz CT molecular complexity index is 880. The van der Waals surface area contributed by atoms with Crippen LogP contribution in [0.5, 0.6) is 0 Å². The molecule has 0 radical (unpaired) electrons. The highest BCUT2D eigenvalue weighted by Gasteiger charge is 2.36. The molecule has 108 valence electrons. The average molecular weight is 324 g/mol. The summed E-state index contributed by atoms with van der Waals surface area (Å²) in [5, 5.41) is 2.76. The Morgan fingerprint density at radius 2 is 1.90 bits per heavy atom. The number of nitrogens with one attached hydrogen (secondary N) is 1. The molecule has 1 amide bonds. The van der Waals surface area contributed by atoms with Gasteiger partial charge in [0, 0.05) is 5.39 Å². The highest BCUT2D eigenvalue weighted by Crippen LogP contribution is 2.27. The zero-order valence-corrected chi connectivity index (χ0v) is 12.2. The third kappa shape index (κ3) is 2.16. The smallest absolute Gasteiger partial charge is 0.269 e. The number of thiocarbonyl (C=S) groups is 1. The summed E-state index contributed by atoms with van der Waals surface area (Å²) >= 11 is 4.80. The van der Waals surface area contributed by atoms with E-state index in [0.717, 1.165) is 0 Å². The molecule has 1 fully saturated rings. The lowest BCUT2D eigenvalue weighted by atomic mass is 10.1. The van der Waals surface area contributed by atoms with Crippen LogP contribution in [-0.2, 0) is 14.8 Å². The number of rotatable bonds is 2. The molecule has 1 heterocycles. The van der Waals surface area contributed by atoms with Crippen LogP contribution in [0.2, 0.25) is 0 Å². The molecule has 5 nitrogen and oxygen atoms in total. The van der Waals surface area contributed by atoms with E-state index in [4.69, 9.17) is 12.2 Å². The number of hydrogen-bond acceptors (Lipinski definition) is 4. The summed E-state index contributed by atoms with van der Waals surface area (Å²) in [6.45, 7) is -0.437. The van der Waals surface area contributed by atoms with Crippen LogP contribution in [0.25, 0.3) is 10.8 Å². The van der Waals surface area contributed by atoms with Crippen molar-refractivity contribution in [3.8, 4) is 0 Å². The lowest BCUT2D eigenvalue weighted by Crippen LogP contribution is -2.34. The summed E-state index contributed by atoms with van der Waals surface area (Å²) in [6, 6.07) is 9.22. The Labute approximate surface area is 125 Å². The minimum Gasteiger partial charge on any atom is -0.301 e. The van der Waals surface area contributed by atoms with E-state index in [2.05, 4.69) is 5.32 Å². The van der Waals surface area contributed by atoms with Gasteiger partial charge in [0.1, 0.15) is 11.4 Å². The molecule has 0 aromatic heterocycles. The van der Waals surface area contributed by atoms with Gasteiger partial charge in [-0.15, -0.1) is 0 Å². The molecular weight excluding hydrogens is 315 g/mol. The van der Waals surface area contributed by atoms with Gasteiger partial charge < -0.3 is 5.32 Å². The van der Waals surface area contributed by atoms with Crippen LogP contribution >= 0.6 is 12.2 Å². The van der Waals surface area contributed by atoms with Gasteiger partial charge in [0.2, 0.25) is 5.91 Å². The SMILES string of the molecule is O=C1CN(S(=O)(=O)c2ccc3ccccc3c2F)C(=S)N1. The Kier molecular flexibility index (Phi) is 3.14. The second kappa shape index (κ2) is 4.74. The zero-order valence-electron chi connectivity index (χ0n) is 10.5. The van der Waals surface area contributed by atoms with Crippen LogP contribution in [0.1, 0.15) is 0 Å². The van der Waals surface area contributed by atoms with Gasteiger partial charge in [0.25, 0.3) is 10.0 Å². The summed E-state index contributed by atoms with van der Waals surface area (Å²) in [5.41, 5.74) is 0. The second-order valence-electron chi connectivity index (χ2n) is 4.46. The normalized spacial score (nSPS) is 15.6. The highest BCUT2D eigenvalue weighted by molar-refractivity contribution is 7.91. The fraction of sp³-hybridized carbons (Fsp3) is 0.0769. The largest absolute Gasteiger partial charge is 0.301 e. The van der Waals surface area contributed by atoms with Crippen molar-refractivity contribution in [2.24, 2.45) is 0 Å². The van der Waals surface area contributed by atoms with Gasteiger partial charge in [0.05, 0.1) is 0 Å². The molecule has 3 rings (SSSR count). The van der Waals surface area contributed by atoms with Gasteiger partial charge in [0.15, 0.2) is 10.9 Å². The fourth-order valence-corrected chi connectivity index (χ4v) is 3.99. The average Bonchev–Trinajstić information content (AvgIpc) is 2.79. The van der Waals surface area contributed by atoms with E-state index in [-0.39, 0.29) is 10.5 Å². The van der Waals surface area contributed by atoms with E-state index < -0.39 is 33.2 Å². The molecule has 1 aliphatic heterocycles. The summed E-state index contributed by atoms with van der Waals surface area (Å²) in [5.74, 6) is -1.39. The van der Waals surface area contributed by atoms with E-state index in [1.807, 2.05) is 0 Å². The summed E-state index contributed by atoms with van der Waals surface area (Å²) in [7, 11) is -4.21.